The maximum Gasteiger partial charge on any atom is 0.186 e. The van der Waals surface area contributed by atoms with Crippen LogP contribution in [0.2, 0.25) is 0 Å². The lowest BCUT2D eigenvalue weighted by Gasteiger charge is -2.29. The largest absolute Gasteiger partial charge is 0.348 e. The van der Waals surface area contributed by atoms with Crippen LogP contribution in [0.4, 0.5) is 17.6 Å². The summed E-state index contributed by atoms with van der Waals surface area (Å²) in [5.41, 5.74) is 1.43. The van der Waals surface area contributed by atoms with Crippen molar-refractivity contribution in [3.05, 3.63) is 95.1 Å². The van der Waals surface area contributed by atoms with Gasteiger partial charge in [-0.05, 0) is 49.3 Å². The summed E-state index contributed by atoms with van der Waals surface area (Å²) in [6.07, 6.45) is 7.08. The van der Waals surface area contributed by atoms with Gasteiger partial charge in [0, 0.05) is 22.6 Å². The minimum atomic E-state index is -1.02. The first-order chi connectivity index (χ1) is 17.9. The second-order valence-electron chi connectivity index (χ2n) is 9.42. The van der Waals surface area contributed by atoms with Crippen LogP contribution in [0.3, 0.4) is 0 Å². The molecule has 0 spiro atoms. The van der Waals surface area contributed by atoms with Crippen molar-refractivity contribution in [2.75, 3.05) is 13.2 Å². The Balaban J connectivity index is 1.49. The molecule has 3 aromatic rings. The predicted molar refractivity (Wildman–Crippen MR) is 138 cm³/mol. The van der Waals surface area contributed by atoms with Gasteiger partial charge in [0.2, 0.25) is 0 Å². The number of ether oxygens (including phenoxy) is 2. The van der Waals surface area contributed by atoms with Gasteiger partial charge in [-0.2, -0.15) is 0 Å². The van der Waals surface area contributed by atoms with E-state index in [-0.39, 0.29) is 22.6 Å². The summed E-state index contributed by atoms with van der Waals surface area (Å²) < 4.78 is 70.7. The van der Waals surface area contributed by atoms with Crippen molar-refractivity contribution in [1.82, 2.24) is 0 Å². The molecule has 1 aliphatic heterocycles. The van der Waals surface area contributed by atoms with E-state index in [2.05, 4.69) is 6.08 Å². The third-order valence-corrected chi connectivity index (χ3v) is 6.78. The van der Waals surface area contributed by atoms with Crippen molar-refractivity contribution in [3.63, 3.8) is 0 Å². The second-order valence-corrected chi connectivity index (χ2v) is 9.42. The highest BCUT2D eigenvalue weighted by atomic mass is 19.2. The summed E-state index contributed by atoms with van der Waals surface area (Å²) in [7, 11) is 0. The third-order valence-electron chi connectivity index (χ3n) is 6.78. The number of halogens is 4. The van der Waals surface area contributed by atoms with Crippen LogP contribution in [0.5, 0.6) is 0 Å². The smallest absolute Gasteiger partial charge is 0.186 e. The fourth-order valence-electron chi connectivity index (χ4n) is 4.56. The van der Waals surface area contributed by atoms with Gasteiger partial charge in [0.05, 0.1) is 13.2 Å². The Bertz CT molecular complexity index is 1230. The van der Waals surface area contributed by atoms with Crippen LogP contribution in [0.15, 0.2) is 60.7 Å². The van der Waals surface area contributed by atoms with Crippen LogP contribution in [-0.2, 0) is 15.9 Å². The summed E-state index contributed by atoms with van der Waals surface area (Å²) in [6, 6.07) is 12.4. The van der Waals surface area contributed by atoms with Crippen molar-refractivity contribution in [1.29, 1.82) is 0 Å². The van der Waals surface area contributed by atoms with Crippen LogP contribution < -0.4 is 0 Å². The topological polar surface area (TPSA) is 18.5 Å². The van der Waals surface area contributed by atoms with E-state index in [1.54, 1.807) is 36.4 Å². The number of benzene rings is 3. The summed E-state index contributed by atoms with van der Waals surface area (Å²) in [4.78, 5) is 0. The monoisotopic (exact) mass is 512 g/mol. The van der Waals surface area contributed by atoms with Gasteiger partial charge < -0.3 is 9.47 Å². The molecule has 0 amide bonds. The fraction of sp³-hybridized carbons (Fsp3) is 0.355. The lowest BCUT2D eigenvalue weighted by molar-refractivity contribution is -0.207. The molecule has 0 unspecified atom stereocenters. The second kappa shape index (κ2) is 12.5. The summed E-state index contributed by atoms with van der Waals surface area (Å²) in [6.45, 7) is 4.80. The number of rotatable bonds is 9. The zero-order valence-electron chi connectivity index (χ0n) is 21.2. The number of aryl methyl sites for hydroxylation is 1. The molecule has 0 N–H and O–H groups in total. The van der Waals surface area contributed by atoms with Crippen LogP contribution in [0, 0.1) is 29.2 Å². The fourth-order valence-corrected chi connectivity index (χ4v) is 4.56. The normalized spacial score (nSPS) is 18.0. The quantitative estimate of drug-likeness (QED) is 0.210. The molecule has 0 radical (unpaired) electrons. The van der Waals surface area contributed by atoms with E-state index in [0.29, 0.717) is 36.3 Å². The van der Waals surface area contributed by atoms with Crippen LogP contribution in [-0.4, -0.2) is 13.2 Å². The average Bonchev–Trinajstić information content (AvgIpc) is 2.92. The average molecular weight is 513 g/mol. The standard InChI is InChI=1S/C31H32F4O2/c1-3-5-7-8-20-18-36-31(37-19-20)26-17-16-25(29(34)30(26)35)22-12-10-21(11-13-22)24-15-14-23(9-6-4-2)27(32)28(24)33/h3,5,10-17,20,31H,4,6-9,18-19H2,1-2H3. The molecule has 4 rings (SSSR count). The highest BCUT2D eigenvalue weighted by molar-refractivity contribution is 5.71. The Morgan fingerprint density at radius 3 is 1.97 bits per heavy atom. The Morgan fingerprint density at radius 1 is 0.784 bits per heavy atom. The number of allylic oxidation sites excluding steroid dienone is 2. The molecule has 3 aromatic carbocycles. The molecular formula is C31H32F4O2. The highest BCUT2D eigenvalue weighted by Crippen LogP contribution is 2.35. The van der Waals surface area contributed by atoms with E-state index in [1.165, 1.54) is 12.1 Å². The number of hydrogen-bond acceptors (Lipinski definition) is 2. The first-order valence-electron chi connectivity index (χ1n) is 12.8. The molecule has 0 bridgehead atoms. The van der Waals surface area contributed by atoms with Crippen LogP contribution in [0.1, 0.15) is 56.9 Å². The minimum absolute atomic E-state index is 0.0190. The van der Waals surface area contributed by atoms with E-state index < -0.39 is 29.6 Å². The Morgan fingerprint density at radius 2 is 1.38 bits per heavy atom. The van der Waals surface area contributed by atoms with Gasteiger partial charge in [0.25, 0.3) is 0 Å². The zero-order valence-corrected chi connectivity index (χ0v) is 21.2. The Hall–Kier alpha value is -2.96. The summed E-state index contributed by atoms with van der Waals surface area (Å²) >= 11 is 0. The first kappa shape index (κ1) is 27.1. The Kier molecular flexibility index (Phi) is 9.17. The van der Waals surface area contributed by atoms with Gasteiger partial charge >= 0.3 is 0 Å². The van der Waals surface area contributed by atoms with E-state index in [0.717, 1.165) is 25.7 Å². The minimum Gasteiger partial charge on any atom is -0.348 e. The molecular weight excluding hydrogens is 480 g/mol. The van der Waals surface area contributed by atoms with Gasteiger partial charge in [0.1, 0.15) is 0 Å². The van der Waals surface area contributed by atoms with Crippen molar-refractivity contribution in [3.8, 4) is 22.3 Å². The Labute approximate surface area is 215 Å². The van der Waals surface area contributed by atoms with Gasteiger partial charge in [-0.25, -0.2) is 17.6 Å². The SMILES string of the molecule is CC=CCCC1COC(c2ccc(-c3ccc(-c4ccc(CCCC)c(F)c4F)cc3)c(F)c2F)OC1. The summed E-state index contributed by atoms with van der Waals surface area (Å²) in [5.74, 6) is -3.56. The molecule has 6 heteroatoms. The van der Waals surface area contributed by atoms with Gasteiger partial charge in [-0.3, -0.25) is 0 Å². The molecule has 0 aliphatic carbocycles. The van der Waals surface area contributed by atoms with Gasteiger partial charge in [-0.15, -0.1) is 0 Å². The molecule has 1 saturated heterocycles. The molecule has 2 nitrogen and oxygen atoms in total. The number of unbranched alkanes of at least 4 members (excludes halogenated alkanes) is 1. The van der Waals surface area contributed by atoms with E-state index in [9.17, 15) is 8.78 Å². The van der Waals surface area contributed by atoms with Crippen molar-refractivity contribution >= 4 is 0 Å². The van der Waals surface area contributed by atoms with Gasteiger partial charge in [0.15, 0.2) is 29.6 Å². The molecule has 1 aliphatic rings. The summed E-state index contributed by atoms with van der Waals surface area (Å²) in [5, 5.41) is 0. The van der Waals surface area contributed by atoms with Crippen LogP contribution >= 0.6 is 0 Å². The number of hydrogen-bond donors (Lipinski definition) is 0. The van der Waals surface area contributed by atoms with E-state index in [4.69, 9.17) is 9.47 Å². The molecule has 37 heavy (non-hydrogen) atoms. The predicted octanol–water partition coefficient (Wildman–Crippen LogP) is 8.94. The van der Waals surface area contributed by atoms with Crippen molar-refractivity contribution < 1.29 is 27.0 Å². The highest BCUT2D eigenvalue weighted by Gasteiger charge is 2.28. The zero-order chi connectivity index (χ0) is 26.4. The van der Waals surface area contributed by atoms with Gasteiger partial charge in [-0.1, -0.05) is 74.0 Å². The van der Waals surface area contributed by atoms with Crippen LogP contribution in [0.25, 0.3) is 22.3 Å². The van der Waals surface area contributed by atoms with Crippen molar-refractivity contribution in [2.45, 2.75) is 52.2 Å². The lowest BCUT2D eigenvalue weighted by atomic mass is 9.97. The molecule has 1 heterocycles. The van der Waals surface area contributed by atoms with E-state index >= 15 is 8.78 Å². The molecule has 0 aromatic heterocycles. The van der Waals surface area contributed by atoms with Crippen molar-refractivity contribution in [2.24, 2.45) is 5.92 Å². The molecule has 1 fully saturated rings. The maximum absolute atomic E-state index is 15.1. The molecule has 196 valence electrons. The third kappa shape index (κ3) is 6.13. The first-order valence-corrected chi connectivity index (χ1v) is 12.8. The lowest BCUT2D eigenvalue weighted by Crippen LogP contribution is -2.27. The van der Waals surface area contributed by atoms with E-state index in [1.807, 2.05) is 19.9 Å². The molecule has 0 saturated carbocycles. The maximum atomic E-state index is 15.1. The molecule has 0 atom stereocenters.